The molecule has 86 valence electrons. The average molecular weight is 215 g/mol. The van der Waals surface area contributed by atoms with Crippen LogP contribution in [0.5, 0.6) is 0 Å². The Bertz CT molecular complexity index is 258. The highest BCUT2D eigenvalue weighted by molar-refractivity contribution is 5.76. The monoisotopic (exact) mass is 215 g/mol. The van der Waals surface area contributed by atoms with Gasteiger partial charge in [0, 0.05) is 12.8 Å². The molecule has 0 amide bonds. The molecule has 1 spiro atoms. The van der Waals surface area contributed by atoms with Crippen molar-refractivity contribution in [2.24, 2.45) is 0 Å². The molecule has 2 rings (SSSR count). The Morgan fingerprint density at radius 1 is 1.60 bits per heavy atom. The molecule has 15 heavy (non-hydrogen) atoms. The number of hydrogen-bond donors (Lipinski definition) is 1. The second-order valence-corrected chi connectivity index (χ2v) is 4.16. The predicted molar refractivity (Wildman–Crippen MR) is 52.3 cm³/mol. The number of methoxy groups -OCH3 is 1. The summed E-state index contributed by atoms with van der Waals surface area (Å²) in [5.74, 6) is -0.258. The SMILES string of the molecule is COC(=O)C1COC2(CCOC(C)C2)N1. The van der Waals surface area contributed by atoms with Crippen molar-refractivity contribution in [2.75, 3.05) is 20.3 Å². The predicted octanol–water partition coefficient (Wildman–Crippen LogP) is 0.0430. The number of carbonyl (C=O) groups excluding carboxylic acids is 1. The quantitative estimate of drug-likeness (QED) is 0.626. The summed E-state index contributed by atoms with van der Waals surface area (Å²) in [5, 5.41) is 3.21. The lowest BCUT2D eigenvalue weighted by molar-refractivity contribution is -0.142. The fraction of sp³-hybridized carbons (Fsp3) is 0.900. The van der Waals surface area contributed by atoms with Crippen molar-refractivity contribution in [3.63, 3.8) is 0 Å². The van der Waals surface area contributed by atoms with Crippen molar-refractivity contribution in [2.45, 2.75) is 37.6 Å². The van der Waals surface area contributed by atoms with Gasteiger partial charge >= 0.3 is 5.97 Å². The third-order valence-corrected chi connectivity index (χ3v) is 2.97. The summed E-state index contributed by atoms with van der Waals surface area (Å²) in [6.45, 7) is 3.07. The molecule has 2 saturated heterocycles. The van der Waals surface area contributed by atoms with Crippen LogP contribution in [-0.4, -0.2) is 44.2 Å². The van der Waals surface area contributed by atoms with Crippen LogP contribution in [0.15, 0.2) is 0 Å². The van der Waals surface area contributed by atoms with E-state index in [0.717, 1.165) is 12.8 Å². The highest BCUT2D eigenvalue weighted by Crippen LogP contribution is 2.30. The maximum Gasteiger partial charge on any atom is 0.325 e. The second-order valence-electron chi connectivity index (χ2n) is 4.16. The lowest BCUT2D eigenvalue weighted by Crippen LogP contribution is -2.51. The minimum absolute atomic E-state index is 0.169. The van der Waals surface area contributed by atoms with Gasteiger partial charge in [-0.1, -0.05) is 0 Å². The van der Waals surface area contributed by atoms with Gasteiger partial charge in [-0.3, -0.25) is 10.1 Å². The number of esters is 1. The minimum atomic E-state index is -0.378. The lowest BCUT2D eigenvalue weighted by Gasteiger charge is -2.36. The van der Waals surface area contributed by atoms with E-state index < -0.39 is 0 Å². The Morgan fingerprint density at radius 3 is 3.07 bits per heavy atom. The molecular formula is C10H17NO4. The van der Waals surface area contributed by atoms with Crippen LogP contribution in [0.25, 0.3) is 0 Å². The molecule has 0 bridgehead atoms. The molecule has 0 aliphatic carbocycles. The molecule has 0 radical (unpaired) electrons. The van der Waals surface area contributed by atoms with Crippen molar-refractivity contribution in [1.29, 1.82) is 0 Å². The Balaban J connectivity index is 1.98. The van der Waals surface area contributed by atoms with Crippen LogP contribution in [0, 0.1) is 0 Å². The van der Waals surface area contributed by atoms with Gasteiger partial charge in [-0.2, -0.15) is 0 Å². The molecule has 0 aromatic carbocycles. The van der Waals surface area contributed by atoms with E-state index >= 15 is 0 Å². The Labute approximate surface area is 89.1 Å². The van der Waals surface area contributed by atoms with Gasteiger partial charge in [0.15, 0.2) is 0 Å². The molecule has 3 unspecified atom stereocenters. The van der Waals surface area contributed by atoms with Crippen LogP contribution in [0.3, 0.4) is 0 Å². The normalized spacial score (nSPS) is 40.7. The summed E-state index contributed by atoms with van der Waals surface area (Å²) in [5.41, 5.74) is -0.378. The first kappa shape index (κ1) is 10.9. The largest absolute Gasteiger partial charge is 0.468 e. The van der Waals surface area contributed by atoms with Crippen LogP contribution < -0.4 is 5.32 Å². The van der Waals surface area contributed by atoms with E-state index in [1.165, 1.54) is 7.11 Å². The average Bonchev–Trinajstić information content (AvgIpc) is 2.60. The van der Waals surface area contributed by atoms with Crippen molar-refractivity contribution in [1.82, 2.24) is 5.32 Å². The van der Waals surface area contributed by atoms with Crippen molar-refractivity contribution in [3.05, 3.63) is 0 Å². The van der Waals surface area contributed by atoms with E-state index in [1.807, 2.05) is 6.92 Å². The first-order valence-electron chi connectivity index (χ1n) is 5.26. The highest BCUT2D eigenvalue weighted by atomic mass is 16.6. The summed E-state index contributed by atoms with van der Waals surface area (Å²) in [6, 6.07) is -0.333. The van der Waals surface area contributed by atoms with E-state index in [2.05, 4.69) is 10.1 Å². The topological polar surface area (TPSA) is 56.8 Å². The minimum Gasteiger partial charge on any atom is -0.468 e. The molecule has 0 aromatic heterocycles. The van der Waals surface area contributed by atoms with Crippen molar-refractivity contribution in [3.8, 4) is 0 Å². The fourth-order valence-corrected chi connectivity index (χ4v) is 2.23. The molecule has 3 atom stereocenters. The summed E-state index contributed by atoms with van der Waals surface area (Å²) in [4.78, 5) is 11.3. The second kappa shape index (κ2) is 4.08. The van der Waals surface area contributed by atoms with Gasteiger partial charge in [-0.05, 0) is 6.92 Å². The van der Waals surface area contributed by atoms with Crippen LogP contribution in [0.2, 0.25) is 0 Å². The maximum atomic E-state index is 11.3. The van der Waals surface area contributed by atoms with Gasteiger partial charge in [0.05, 0.1) is 26.4 Å². The van der Waals surface area contributed by atoms with Gasteiger partial charge < -0.3 is 14.2 Å². The summed E-state index contributed by atoms with van der Waals surface area (Å²) in [7, 11) is 1.39. The standard InChI is InChI=1S/C10H17NO4/c1-7-5-10(3-4-14-7)11-8(6-15-10)9(12)13-2/h7-8,11H,3-6H2,1-2H3. The molecule has 1 N–H and O–H groups in total. The van der Waals surface area contributed by atoms with Crippen LogP contribution >= 0.6 is 0 Å². The van der Waals surface area contributed by atoms with Gasteiger partial charge in [-0.25, -0.2) is 0 Å². The molecule has 2 fully saturated rings. The van der Waals surface area contributed by atoms with Gasteiger partial charge in [0.1, 0.15) is 11.8 Å². The molecule has 2 heterocycles. The van der Waals surface area contributed by atoms with Gasteiger partial charge in [0.25, 0.3) is 0 Å². The number of ether oxygens (including phenoxy) is 3. The lowest BCUT2D eigenvalue weighted by atomic mass is 10.00. The number of rotatable bonds is 1. The molecular weight excluding hydrogens is 198 g/mol. The molecule has 5 heteroatoms. The van der Waals surface area contributed by atoms with Crippen LogP contribution in [-0.2, 0) is 19.0 Å². The van der Waals surface area contributed by atoms with Gasteiger partial charge in [0.2, 0.25) is 0 Å². The summed E-state index contributed by atoms with van der Waals surface area (Å²) < 4.78 is 15.8. The van der Waals surface area contributed by atoms with Crippen LogP contribution in [0.1, 0.15) is 19.8 Å². The number of hydrogen-bond acceptors (Lipinski definition) is 5. The zero-order valence-electron chi connectivity index (χ0n) is 9.12. The summed E-state index contributed by atoms with van der Waals surface area (Å²) >= 11 is 0. The Kier molecular flexibility index (Phi) is 2.95. The fourth-order valence-electron chi connectivity index (χ4n) is 2.23. The van der Waals surface area contributed by atoms with Crippen molar-refractivity contribution >= 4 is 5.97 Å². The molecule has 5 nitrogen and oxygen atoms in total. The third-order valence-electron chi connectivity index (χ3n) is 2.97. The molecule has 0 saturated carbocycles. The smallest absolute Gasteiger partial charge is 0.325 e. The number of carbonyl (C=O) groups is 1. The molecule has 2 aliphatic heterocycles. The first-order valence-corrected chi connectivity index (χ1v) is 5.26. The van der Waals surface area contributed by atoms with E-state index in [0.29, 0.717) is 13.2 Å². The van der Waals surface area contributed by atoms with E-state index in [1.54, 1.807) is 0 Å². The Hall–Kier alpha value is -0.650. The molecule has 2 aliphatic rings. The van der Waals surface area contributed by atoms with E-state index in [4.69, 9.17) is 9.47 Å². The maximum absolute atomic E-state index is 11.3. The first-order chi connectivity index (χ1) is 7.15. The third kappa shape index (κ3) is 2.14. The highest BCUT2D eigenvalue weighted by Gasteiger charge is 2.45. The van der Waals surface area contributed by atoms with Crippen molar-refractivity contribution < 1.29 is 19.0 Å². The van der Waals surface area contributed by atoms with Gasteiger partial charge in [-0.15, -0.1) is 0 Å². The number of nitrogens with one attached hydrogen (secondary N) is 1. The van der Waals surface area contributed by atoms with Crippen LogP contribution in [0.4, 0.5) is 0 Å². The zero-order chi connectivity index (χ0) is 10.9. The summed E-state index contributed by atoms with van der Waals surface area (Å²) in [6.07, 6.45) is 1.73. The zero-order valence-corrected chi connectivity index (χ0v) is 9.12. The Morgan fingerprint density at radius 2 is 2.40 bits per heavy atom. The van der Waals surface area contributed by atoms with E-state index in [9.17, 15) is 4.79 Å². The van der Waals surface area contributed by atoms with E-state index in [-0.39, 0.29) is 23.8 Å². The molecule has 0 aromatic rings.